The number of carbonyl (C=O) groups is 1. The van der Waals surface area contributed by atoms with Crippen molar-refractivity contribution in [3.8, 4) is 0 Å². The van der Waals surface area contributed by atoms with Crippen molar-refractivity contribution < 1.29 is 4.79 Å². The molecule has 1 unspecified atom stereocenters. The van der Waals surface area contributed by atoms with Crippen molar-refractivity contribution in [1.29, 1.82) is 0 Å². The molecular formula is C12H13ClO. The van der Waals surface area contributed by atoms with E-state index in [9.17, 15) is 4.79 Å². The molecule has 0 aromatic heterocycles. The Bertz CT molecular complexity index is 371. The smallest absolute Gasteiger partial charge is 0.137 e. The fraction of sp³-hybridized carbons (Fsp3) is 0.417. The van der Waals surface area contributed by atoms with Crippen molar-refractivity contribution in [2.75, 3.05) is 0 Å². The summed E-state index contributed by atoms with van der Waals surface area (Å²) in [5.74, 6) is 0.339. The van der Waals surface area contributed by atoms with Gasteiger partial charge in [0.05, 0.1) is 0 Å². The molecule has 0 amide bonds. The van der Waals surface area contributed by atoms with Crippen molar-refractivity contribution in [2.24, 2.45) is 0 Å². The van der Waals surface area contributed by atoms with E-state index in [1.807, 2.05) is 18.2 Å². The summed E-state index contributed by atoms with van der Waals surface area (Å²) in [4.78, 5) is 11.4. The summed E-state index contributed by atoms with van der Waals surface area (Å²) in [7, 11) is 0. The van der Waals surface area contributed by atoms with Crippen LogP contribution in [0.25, 0.3) is 0 Å². The first-order valence-corrected chi connectivity index (χ1v) is 5.35. The van der Waals surface area contributed by atoms with Crippen LogP contribution in [-0.2, 0) is 11.2 Å². The van der Waals surface area contributed by atoms with E-state index in [1.165, 1.54) is 5.56 Å². The second-order valence-electron chi connectivity index (χ2n) is 3.86. The molecule has 74 valence electrons. The van der Waals surface area contributed by atoms with E-state index >= 15 is 0 Å². The number of ketones is 1. The van der Waals surface area contributed by atoms with Crippen molar-refractivity contribution in [3.05, 3.63) is 34.3 Å². The zero-order valence-electron chi connectivity index (χ0n) is 8.22. The number of hydrogen-bond donors (Lipinski definition) is 0. The Morgan fingerprint density at radius 2 is 2.29 bits per heavy atom. The minimum atomic E-state index is 0.0810. The van der Waals surface area contributed by atoms with Crippen LogP contribution >= 0.6 is 11.6 Å². The van der Waals surface area contributed by atoms with E-state index in [0.717, 1.165) is 29.8 Å². The summed E-state index contributed by atoms with van der Waals surface area (Å²) in [6.45, 7) is 1.67. The molecule has 1 aliphatic carbocycles. The summed E-state index contributed by atoms with van der Waals surface area (Å²) in [5.41, 5.74) is 2.33. The lowest BCUT2D eigenvalue weighted by molar-refractivity contribution is -0.118. The first kappa shape index (κ1) is 9.72. The lowest BCUT2D eigenvalue weighted by Gasteiger charge is -2.24. The van der Waals surface area contributed by atoms with Gasteiger partial charge in [-0.3, -0.25) is 4.79 Å². The van der Waals surface area contributed by atoms with Crippen molar-refractivity contribution in [1.82, 2.24) is 0 Å². The summed E-state index contributed by atoms with van der Waals surface area (Å²) < 4.78 is 0. The molecule has 0 fully saturated rings. The van der Waals surface area contributed by atoms with Gasteiger partial charge in [-0.1, -0.05) is 23.7 Å². The van der Waals surface area contributed by atoms with Crippen LogP contribution in [0.15, 0.2) is 18.2 Å². The van der Waals surface area contributed by atoms with Gasteiger partial charge in [0.1, 0.15) is 5.78 Å². The van der Waals surface area contributed by atoms with Crippen LogP contribution in [0.1, 0.15) is 36.8 Å². The second-order valence-corrected chi connectivity index (χ2v) is 4.27. The Kier molecular flexibility index (Phi) is 2.60. The first-order valence-electron chi connectivity index (χ1n) is 4.98. The Hall–Kier alpha value is -0.820. The van der Waals surface area contributed by atoms with Crippen LogP contribution < -0.4 is 0 Å². The maximum absolute atomic E-state index is 11.4. The largest absolute Gasteiger partial charge is 0.299 e. The molecule has 0 aliphatic heterocycles. The molecular weight excluding hydrogens is 196 g/mol. The van der Waals surface area contributed by atoms with Crippen LogP contribution in [0.5, 0.6) is 0 Å². The molecule has 2 rings (SSSR count). The minimum Gasteiger partial charge on any atom is -0.299 e. The minimum absolute atomic E-state index is 0.0810. The van der Waals surface area contributed by atoms with Gasteiger partial charge in [0.15, 0.2) is 0 Å². The fourth-order valence-corrected chi connectivity index (χ4v) is 2.50. The van der Waals surface area contributed by atoms with Crippen molar-refractivity contribution in [3.63, 3.8) is 0 Å². The lowest BCUT2D eigenvalue weighted by atomic mass is 9.81. The fourth-order valence-electron chi connectivity index (χ4n) is 2.23. The summed E-state index contributed by atoms with van der Waals surface area (Å²) in [6, 6.07) is 5.87. The summed E-state index contributed by atoms with van der Waals surface area (Å²) in [5, 5.41) is 0.813. The van der Waals surface area contributed by atoms with Crippen LogP contribution in [0.3, 0.4) is 0 Å². The molecule has 0 spiro atoms. The molecule has 0 heterocycles. The van der Waals surface area contributed by atoms with Gasteiger partial charge in [0.2, 0.25) is 0 Å². The molecule has 0 saturated heterocycles. The van der Waals surface area contributed by atoms with Gasteiger partial charge < -0.3 is 0 Å². The molecule has 0 N–H and O–H groups in total. The predicted molar refractivity (Wildman–Crippen MR) is 57.8 cm³/mol. The lowest BCUT2D eigenvalue weighted by Crippen LogP contribution is -2.16. The maximum Gasteiger partial charge on any atom is 0.137 e. The van der Waals surface area contributed by atoms with E-state index < -0.39 is 0 Å². The van der Waals surface area contributed by atoms with Gasteiger partial charge in [-0.15, -0.1) is 0 Å². The number of hydrogen-bond acceptors (Lipinski definition) is 1. The standard InChI is InChI=1S/C12H13ClO/c1-8(14)9-4-2-6-11-10(9)5-3-7-12(11)13/h3,5,7,9H,2,4,6H2,1H3. The number of carbonyl (C=O) groups excluding carboxylic acids is 1. The Morgan fingerprint density at radius 3 is 3.00 bits per heavy atom. The van der Waals surface area contributed by atoms with Gasteiger partial charge in [0, 0.05) is 10.9 Å². The molecule has 1 nitrogen and oxygen atoms in total. The molecule has 0 saturated carbocycles. The van der Waals surface area contributed by atoms with Crippen molar-refractivity contribution >= 4 is 17.4 Å². The van der Waals surface area contributed by atoms with Gasteiger partial charge >= 0.3 is 0 Å². The quantitative estimate of drug-likeness (QED) is 0.692. The number of rotatable bonds is 1. The maximum atomic E-state index is 11.4. The Balaban J connectivity index is 2.49. The third-order valence-corrected chi connectivity index (χ3v) is 3.29. The number of halogens is 1. The number of Topliss-reactive ketones (excluding diaryl/α,β-unsaturated/α-hetero) is 1. The third kappa shape index (κ3) is 1.57. The monoisotopic (exact) mass is 208 g/mol. The van der Waals surface area contributed by atoms with Crippen LogP contribution in [0.2, 0.25) is 5.02 Å². The highest BCUT2D eigenvalue weighted by Gasteiger charge is 2.24. The highest BCUT2D eigenvalue weighted by atomic mass is 35.5. The molecule has 0 radical (unpaired) electrons. The molecule has 1 atom stereocenters. The topological polar surface area (TPSA) is 17.1 Å². The molecule has 0 bridgehead atoms. The number of fused-ring (bicyclic) bond motifs is 1. The predicted octanol–water partition coefficient (Wildman–Crippen LogP) is 3.35. The van der Waals surface area contributed by atoms with Gasteiger partial charge in [-0.05, 0) is 43.4 Å². The molecule has 1 aromatic rings. The van der Waals surface area contributed by atoms with Gasteiger partial charge in [-0.25, -0.2) is 0 Å². The molecule has 1 aliphatic rings. The third-order valence-electron chi connectivity index (χ3n) is 2.94. The average molecular weight is 209 g/mol. The highest BCUT2D eigenvalue weighted by Crippen LogP contribution is 2.35. The Labute approximate surface area is 89.1 Å². The SMILES string of the molecule is CC(=O)C1CCCc2c(Cl)cccc21. The van der Waals surface area contributed by atoms with E-state index in [4.69, 9.17) is 11.6 Å². The summed E-state index contributed by atoms with van der Waals surface area (Å²) in [6.07, 6.45) is 3.06. The molecule has 1 aromatic carbocycles. The van der Waals surface area contributed by atoms with Crippen LogP contribution in [0, 0.1) is 0 Å². The van der Waals surface area contributed by atoms with Crippen LogP contribution in [0.4, 0.5) is 0 Å². The van der Waals surface area contributed by atoms with Gasteiger partial charge in [-0.2, -0.15) is 0 Å². The highest BCUT2D eigenvalue weighted by molar-refractivity contribution is 6.31. The molecule has 14 heavy (non-hydrogen) atoms. The van der Waals surface area contributed by atoms with Crippen LogP contribution in [-0.4, -0.2) is 5.78 Å². The van der Waals surface area contributed by atoms with E-state index in [0.29, 0.717) is 0 Å². The van der Waals surface area contributed by atoms with Crippen molar-refractivity contribution in [2.45, 2.75) is 32.1 Å². The Morgan fingerprint density at radius 1 is 1.50 bits per heavy atom. The molecule has 2 heteroatoms. The first-order chi connectivity index (χ1) is 6.70. The second kappa shape index (κ2) is 3.74. The zero-order chi connectivity index (χ0) is 10.1. The van der Waals surface area contributed by atoms with E-state index in [1.54, 1.807) is 6.92 Å². The van der Waals surface area contributed by atoms with E-state index in [-0.39, 0.29) is 11.7 Å². The van der Waals surface area contributed by atoms with Gasteiger partial charge in [0.25, 0.3) is 0 Å². The number of benzene rings is 1. The normalized spacial score (nSPS) is 20.3. The summed E-state index contributed by atoms with van der Waals surface area (Å²) >= 11 is 6.10. The van der Waals surface area contributed by atoms with E-state index in [2.05, 4.69) is 0 Å². The zero-order valence-corrected chi connectivity index (χ0v) is 8.97. The average Bonchev–Trinajstić information content (AvgIpc) is 2.17.